The Balaban J connectivity index is 2.00. The number of ether oxygens (including phenoxy) is 1. The third-order valence-electron chi connectivity index (χ3n) is 3.33. The van der Waals surface area contributed by atoms with Gasteiger partial charge in [-0.05, 0) is 42.7 Å². The minimum atomic E-state index is -0.935. The SMILES string of the molecule is Cc1ccccc1OCCC(C(=O)O)c1ccc(F)cc1. The van der Waals surface area contributed by atoms with E-state index in [0.29, 0.717) is 18.6 Å². The van der Waals surface area contributed by atoms with Gasteiger partial charge in [-0.15, -0.1) is 0 Å². The molecular formula is C17H17FO3. The van der Waals surface area contributed by atoms with Crippen molar-refractivity contribution in [3.05, 3.63) is 65.5 Å². The van der Waals surface area contributed by atoms with E-state index in [-0.39, 0.29) is 5.82 Å². The summed E-state index contributed by atoms with van der Waals surface area (Å²) in [5, 5.41) is 9.30. The summed E-state index contributed by atoms with van der Waals surface area (Å²) in [7, 11) is 0. The van der Waals surface area contributed by atoms with Gasteiger partial charge in [0.25, 0.3) is 0 Å². The van der Waals surface area contributed by atoms with Gasteiger partial charge in [-0.2, -0.15) is 0 Å². The largest absolute Gasteiger partial charge is 0.493 e. The summed E-state index contributed by atoms with van der Waals surface area (Å²) in [4.78, 5) is 11.3. The van der Waals surface area contributed by atoms with Gasteiger partial charge in [0.15, 0.2) is 0 Å². The summed E-state index contributed by atoms with van der Waals surface area (Å²) < 4.78 is 18.5. The van der Waals surface area contributed by atoms with E-state index in [0.717, 1.165) is 11.3 Å². The van der Waals surface area contributed by atoms with E-state index in [2.05, 4.69) is 0 Å². The number of halogens is 1. The fraction of sp³-hybridized carbons (Fsp3) is 0.235. The molecule has 1 N–H and O–H groups in total. The predicted octanol–water partition coefficient (Wildman–Crippen LogP) is 3.77. The van der Waals surface area contributed by atoms with Crippen LogP contribution in [0.4, 0.5) is 4.39 Å². The zero-order valence-corrected chi connectivity index (χ0v) is 11.8. The maximum atomic E-state index is 12.9. The summed E-state index contributed by atoms with van der Waals surface area (Å²) in [5.41, 5.74) is 1.59. The molecule has 0 radical (unpaired) electrons. The van der Waals surface area contributed by atoms with Gasteiger partial charge < -0.3 is 9.84 Å². The first-order valence-electron chi connectivity index (χ1n) is 6.74. The van der Waals surface area contributed by atoms with Crippen LogP contribution < -0.4 is 4.74 Å². The van der Waals surface area contributed by atoms with Crippen LogP contribution in [-0.4, -0.2) is 17.7 Å². The molecule has 2 rings (SSSR count). The molecule has 0 aromatic heterocycles. The van der Waals surface area contributed by atoms with Gasteiger partial charge >= 0.3 is 5.97 Å². The van der Waals surface area contributed by atoms with Crippen molar-refractivity contribution in [2.75, 3.05) is 6.61 Å². The van der Waals surface area contributed by atoms with Gasteiger partial charge in [0.2, 0.25) is 0 Å². The zero-order valence-electron chi connectivity index (χ0n) is 11.8. The molecule has 21 heavy (non-hydrogen) atoms. The van der Waals surface area contributed by atoms with Crippen molar-refractivity contribution in [2.45, 2.75) is 19.3 Å². The fourth-order valence-electron chi connectivity index (χ4n) is 2.13. The van der Waals surface area contributed by atoms with Gasteiger partial charge in [0.05, 0.1) is 12.5 Å². The predicted molar refractivity (Wildman–Crippen MR) is 78.1 cm³/mol. The van der Waals surface area contributed by atoms with Crippen molar-refractivity contribution >= 4 is 5.97 Å². The molecule has 0 heterocycles. The summed E-state index contributed by atoms with van der Waals surface area (Å²) in [6.45, 7) is 2.23. The first-order valence-corrected chi connectivity index (χ1v) is 6.74. The van der Waals surface area contributed by atoms with E-state index in [1.807, 2.05) is 31.2 Å². The number of benzene rings is 2. The van der Waals surface area contributed by atoms with Crippen LogP contribution in [0.5, 0.6) is 5.75 Å². The number of aryl methyl sites for hydroxylation is 1. The molecule has 1 atom stereocenters. The first-order chi connectivity index (χ1) is 10.1. The van der Waals surface area contributed by atoms with Crippen molar-refractivity contribution in [1.29, 1.82) is 0 Å². The van der Waals surface area contributed by atoms with E-state index in [4.69, 9.17) is 4.74 Å². The molecule has 0 saturated carbocycles. The lowest BCUT2D eigenvalue weighted by Crippen LogP contribution is -2.15. The third-order valence-corrected chi connectivity index (χ3v) is 3.33. The van der Waals surface area contributed by atoms with Crippen molar-refractivity contribution in [1.82, 2.24) is 0 Å². The van der Waals surface area contributed by atoms with Crippen LogP contribution in [-0.2, 0) is 4.79 Å². The van der Waals surface area contributed by atoms with Gasteiger partial charge in [0.1, 0.15) is 11.6 Å². The lowest BCUT2D eigenvalue weighted by atomic mass is 9.96. The Morgan fingerprint density at radius 3 is 2.48 bits per heavy atom. The van der Waals surface area contributed by atoms with E-state index in [1.165, 1.54) is 24.3 Å². The minimum Gasteiger partial charge on any atom is -0.493 e. The monoisotopic (exact) mass is 288 g/mol. The van der Waals surface area contributed by atoms with Gasteiger partial charge in [-0.1, -0.05) is 30.3 Å². The highest BCUT2D eigenvalue weighted by atomic mass is 19.1. The smallest absolute Gasteiger partial charge is 0.311 e. The number of carbonyl (C=O) groups is 1. The third kappa shape index (κ3) is 4.05. The van der Waals surface area contributed by atoms with Crippen LogP contribution in [0.3, 0.4) is 0 Å². The molecule has 0 aliphatic rings. The highest BCUT2D eigenvalue weighted by molar-refractivity contribution is 5.76. The molecule has 4 heteroatoms. The van der Waals surface area contributed by atoms with Crippen molar-refractivity contribution in [3.63, 3.8) is 0 Å². The molecule has 2 aromatic rings. The van der Waals surface area contributed by atoms with Crippen LogP contribution in [0.1, 0.15) is 23.5 Å². The highest BCUT2D eigenvalue weighted by Gasteiger charge is 2.20. The number of hydrogen-bond donors (Lipinski definition) is 1. The summed E-state index contributed by atoms with van der Waals surface area (Å²) in [6.07, 6.45) is 0.329. The van der Waals surface area contributed by atoms with E-state index >= 15 is 0 Å². The second-order valence-corrected chi connectivity index (χ2v) is 4.85. The maximum Gasteiger partial charge on any atom is 0.311 e. The number of aliphatic carboxylic acids is 1. The normalized spacial score (nSPS) is 11.9. The Hall–Kier alpha value is -2.36. The second kappa shape index (κ2) is 6.88. The standard InChI is InChI=1S/C17H17FO3/c1-12-4-2-3-5-16(12)21-11-10-15(17(19)20)13-6-8-14(18)9-7-13/h2-9,15H,10-11H2,1H3,(H,19,20). The molecule has 0 aliphatic carbocycles. The Labute approximate surface area is 123 Å². The maximum absolute atomic E-state index is 12.9. The van der Waals surface area contributed by atoms with Gasteiger partial charge in [-0.3, -0.25) is 4.79 Å². The van der Waals surface area contributed by atoms with E-state index in [1.54, 1.807) is 0 Å². The summed E-state index contributed by atoms with van der Waals surface area (Å²) in [5.74, 6) is -1.26. The molecule has 1 unspecified atom stereocenters. The Morgan fingerprint density at radius 2 is 1.86 bits per heavy atom. The van der Waals surface area contributed by atoms with Crippen LogP contribution in [0.2, 0.25) is 0 Å². The molecule has 0 spiro atoms. The number of carboxylic acid groups (broad SMARTS) is 1. The molecule has 3 nitrogen and oxygen atoms in total. The van der Waals surface area contributed by atoms with E-state index in [9.17, 15) is 14.3 Å². The molecule has 0 bridgehead atoms. The van der Waals surface area contributed by atoms with Crippen molar-refractivity contribution < 1.29 is 19.0 Å². The Morgan fingerprint density at radius 1 is 1.19 bits per heavy atom. The Bertz CT molecular complexity index is 608. The number of carboxylic acids is 1. The molecule has 110 valence electrons. The van der Waals surface area contributed by atoms with Crippen LogP contribution in [0, 0.1) is 12.7 Å². The quantitative estimate of drug-likeness (QED) is 0.880. The average molecular weight is 288 g/mol. The second-order valence-electron chi connectivity index (χ2n) is 4.85. The summed E-state index contributed by atoms with van der Waals surface area (Å²) >= 11 is 0. The van der Waals surface area contributed by atoms with Gasteiger partial charge in [-0.25, -0.2) is 4.39 Å². The Kier molecular flexibility index (Phi) is 4.93. The molecule has 0 amide bonds. The molecular weight excluding hydrogens is 271 g/mol. The van der Waals surface area contributed by atoms with Crippen molar-refractivity contribution in [2.24, 2.45) is 0 Å². The lowest BCUT2D eigenvalue weighted by Gasteiger charge is -2.14. The fourth-order valence-corrected chi connectivity index (χ4v) is 2.13. The minimum absolute atomic E-state index is 0.291. The number of para-hydroxylation sites is 1. The van der Waals surface area contributed by atoms with Crippen molar-refractivity contribution in [3.8, 4) is 5.75 Å². The number of hydrogen-bond acceptors (Lipinski definition) is 2. The van der Waals surface area contributed by atoms with Gasteiger partial charge in [0, 0.05) is 0 Å². The molecule has 0 fully saturated rings. The van der Waals surface area contributed by atoms with E-state index < -0.39 is 11.9 Å². The van der Waals surface area contributed by atoms with Crippen LogP contribution in [0.25, 0.3) is 0 Å². The molecule has 0 saturated heterocycles. The average Bonchev–Trinajstić information content (AvgIpc) is 2.46. The lowest BCUT2D eigenvalue weighted by molar-refractivity contribution is -0.139. The topological polar surface area (TPSA) is 46.5 Å². The van der Waals surface area contributed by atoms with Crippen LogP contribution in [0.15, 0.2) is 48.5 Å². The first kappa shape index (κ1) is 15.0. The summed E-state index contributed by atoms with van der Waals surface area (Å²) in [6, 6.07) is 13.1. The highest BCUT2D eigenvalue weighted by Crippen LogP contribution is 2.22. The molecule has 0 aliphatic heterocycles. The number of rotatable bonds is 6. The van der Waals surface area contributed by atoms with Crippen LogP contribution >= 0.6 is 0 Å². The molecule has 2 aromatic carbocycles. The zero-order chi connectivity index (χ0) is 15.2.